The van der Waals surface area contributed by atoms with Gasteiger partial charge in [0, 0.05) is 17.8 Å². The summed E-state index contributed by atoms with van der Waals surface area (Å²) in [6.45, 7) is 1.90. The maximum absolute atomic E-state index is 9.59. The highest BCUT2D eigenvalue weighted by Gasteiger charge is 2.05. The highest BCUT2D eigenvalue weighted by Crippen LogP contribution is 2.22. The summed E-state index contributed by atoms with van der Waals surface area (Å²) in [7, 11) is 0. The molecule has 2 aromatic heterocycles. The minimum Gasteiger partial charge on any atom is -0.508 e. The Morgan fingerprint density at radius 1 is 1.25 bits per heavy atom. The molecule has 3 rings (SSSR count). The molecule has 0 radical (unpaired) electrons. The Labute approximate surface area is 114 Å². The fourth-order valence-corrected chi connectivity index (χ4v) is 1.77. The van der Waals surface area contributed by atoms with Crippen molar-refractivity contribution in [3.05, 3.63) is 42.3 Å². The molecule has 20 heavy (non-hydrogen) atoms. The van der Waals surface area contributed by atoms with E-state index in [1.807, 2.05) is 13.0 Å². The molecule has 0 unspecified atom stereocenters. The number of aromatic hydroxyl groups is 1. The topological polar surface area (TPSA) is 89.9 Å². The van der Waals surface area contributed by atoms with Crippen molar-refractivity contribution in [2.24, 2.45) is 0 Å². The van der Waals surface area contributed by atoms with Crippen LogP contribution in [0.25, 0.3) is 23.7 Å². The maximum atomic E-state index is 9.59. The van der Waals surface area contributed by atoms with Crippen LogP contribution in [-0.4, -0.2) is 30.0 Å². The molecule has 0 saturated heterocycles. The van der Waals surface area contributed by atoms with Gasteiger partial charge < -0.3 is 9.63 Å². The van der Waals surface area contributed by atoms with E-state index in [4.69, 9.17) is 4.52 Å². The van der Waals surface area contributed by atoms with Gasteiger partial charge in [-0.1, -0.05) is 5.16 Å². The van der Waals surface area contributed by atoms with Crippen LogP contribution in [0.15, 0.2) is 35.4 Å². The van der Waals surface area contributed by atoms with Crippen molar-refractivity contribution >= 4 is 12.3 Å². The van der Waals surface area contributed by atoms with Crippen LogP contribution in [-0.2, 0) is 0 Å². The summed E-state index contributed by atoms with van der Waals surface area (Å²) in [4.78, 5) is 8.05. The molecule has 0 saturated carbocycles. The number of phenolic OH excluding ortho intramolecular Hbond substituents is 1. The summed E-state index contributed by atoms with van der Waals surface area (Å²) in [5.41, 5.74) is 1.70. The first-order chi connectivity index (χ1) is 9.70. The second kappa shape index (κ2) is 4.96. The quantitative estimate of drug-likeness (QED) is 0.781. The average Bonchev–Trinajstić information content (AvgIpc) is 3.07. The molecule has 0 atom stereocenters. The van der Waals surface area contributed by atoms with E-state index in [0.29, 0.717) is 11.7 Å². The molecule has 7 heteroatoms. The van der Waals surface area contributed by atoms with E-state index in [1.54, 1.807) is 30.7 Å². The van der Waals surface area contributed by atoms with Crippen molar-refractivity contribution in [1.82, 2.24) is 24.9 Å². The number of aryl methyl sites for hydroxylation is 1. The first-order valence-corrected chi connectivity index (χ1v) is 5.88. The van der Waals surface area contributed by atoms with Gasteiger partial charge in [-0.3, -0.25) is 0 Å². The lowest BCUT2D eigenvalue weighted by atomic mass is 10.1. The number of rotatable bonds is 3. The Bertz CT molecular complexity index is 726. The molecule has 3 aromatic rings. The van der Waals surface area contributed by atoms with Crippen molar-refractivity contribution in [2.75, 3.05) is 0 Å². The number of benzene rings is 1. The fourth-order valence-electron chi connectivity index (χ4n) is 1.77. The molecule has 7 nitrogen and oxygen atoms in total. The highest BCUT2D eigenvalue weighted by atomic mass is 16.5. The summed E-state index contributed by atoms with van der Waals surface area (Å²) in [5.74, 6) is 1.10. The van der Waals surface area contributed by atoms with Crippen LogP contribution in [0.5, 0.6) is 5.75 Å². The second-order valence-electron chi connectivity index (χ2n) is 4.20. The summed E-state index contributed by atoms with van der Waals surface area (Å²) < 4.78 is 6.36. The normalized spacial score (nSPS) is 11.2. The third kappa shape index (κ3) is 2.56. The Kier molecular flexibility index (Phi) is 3.00. The molecular weight excluding hydrogens is 258 g/mol. The number of aromatic nitrogens is 5. The van der Waals surface area contributed by atoms with Crippen LogP contribution in [0, 0.1) is 6.92 Å². The molecule has 0 fully saturated rings. The second-order valence-corrected chi connectivity index (χ2v) is 4.20. The van der Waals surface area contributed by atoms with Crippen molar-refractivity contribution in [1.29, 1.82) is 0 Å². The molecule has 0 spiro atoms. The molecule has 0 aliphatic carbocycles. The van der Waals surface area contributed by atoms with Gasteiger partial charge in [0.2, 0.25) is 0 Å². The highest BCUT2D eigenvalue weighted by molar-refractivity contribution is 5.59. The zero-order chi connectivity index (χ0) is 13.9. The van der Waals surface area contributed by atoms with Crippen molar-refractivity contribution in [3.63, 3.8) is 0 Å². The minimum absolute atomic E-state index is 0.192. The largest absolute Gasteiger partial charge is 0.508 e. The van der Waals surface area contributed by atoms with Crippen molar-refractivity contribution in [2.45, 2.75) is 6.92 Å². The third-order valence-electron chi connectivity index (χ3n) is 2.58. The lowest BCUT2D eigenvalue weighted by molar-refractivity contribution is 0.409. The minimum atomic E-state index is 0.192. The zero-order valence-corrected chi connectivity index (χ0v) is 10.6. The molecule has 0 bridgehead atoms. The predicted octanol–water partition coefficient (Wildman–Crippen LogP) is 1.97. The first-order valence-electron chi connectivity index (χ1n) is 5.88. The van der Waals surface area contributed by atoms with Crippen LogP contribution < -0.4 is 0 Å². The van der Waals surface area contributed by atoms with Gasteiger partial charge in [0.25, 0.3) is 5.89 Å². The summed E-state index contributed by atoms with van der Waals surface area (Å²) >= 11 is 0. The third-order valence-corrected chi connectivity index (χ3v) is 2.58. The molecule has 100 valence electrons. The van der Waals surface area contributed by atoms with E-state index in [9.17, 15) is 5.11 Å². The fraction of sp³-hybridized carbons (Fsp3) is 0.0769. The molecular formula is C13H11N5O2. The Hall–Kier alpha value is -2.96. The van der Waals surface area contributed by atoms with Gasteiger partial charge >= 0.3 is 0 Å². The Balaban J connectivity index is 1.86. The van der Waals surface area contributed by atoms with Gasteiger partial charge in [-0.25, -0.2) is 9.67 Å². The van der Waals surface area contributed by atoms with Crippen LogP contribution >= 0.6 is 0 Å². The summed E-state index contributed by atoms with van der Waals surface area (Å²) in [6.07, 6.45) is 6.16. The average molecular weight is 269 g/mol. The number of hydrogen-bond acceptors (Lipinski definition) is 6. The molecule has 0 aliphatic rings. The number of phenols is 1. The zero-order valence-electron chi connectivity index (χ0n) is 10.6. The SMILES string of the molecule is Cc1cc(O)cc(-c2ncn(/C=C\c3ncno3)n2)c1. The lowest BCUT2D eigenvalue weighted by Gasteiger charge is -1.99. The van der Waals surface area contributed by atoms with Crippen LogP contribution in [0.1, 0.15) is 11.5 Å². The Morgan fingerprint density at radius 3 is 2.90 bits per heavy atom. The van der Waals surface area contributed by atoms with Gasteiger partial charge in [-0.05, 0) is 30.7 Å². The Morgan fingerprint density at radius 2 is 2.15 bits per heavy atom. The number of nitrogens with zero attached hydrogens (tertiary/aromatic N) is 5. The van der Waals surface area contributed by atoms with Gasteiger partial charge in [-0.15, -0.1) is 5.10 Å². The molecule has 0 aliphatic heterocycles. The van der Waals surface area contributed by atoms with E-state index in [2.05, 4.69) is 20.2 Å². The van der Waals surface area contributed by atoms with Crippen LogP contribution in [0.3, 0.4) is 0 Å². The predicted molar refractivity (Wildman–Crippen MR) is 71.4 cm³/mol. The van der Waals surface area contributed by atoms with E-state index in [1.165, 1.54) is 11.0 Å². The first kappa shape index (κ1) is 12.1. The molecule has 2 heterocycles. The van der Waals surface area contributed by atoms with Crippen molar-refractivity contribution in [3.8, 4) is 17.1 Å². The van der Waals surface area contributed by atoms with Crippen LogP contribution in [0.4, 0.5) is 0 Å². The van der Waals surface area contributed by atoms with E-state index >= 15 is 0 Å². The van der Waals surface area contributed by atoms with Crippen molar-refractivity contribution < 1.29 is 9.63 Å². The number of hydrogen-bond donors (Lipinski definition) is 1. The van der Waals surface area contributed by atoms with Gasteiger partial charge in [0.15, 0.2) is 12.2 Å². The monoisotopic (exact) mass is 269 g/mol. The standard InChI is InChI=1S/C13H11N5O2/c1-9-4-10(6-11(19)5-9)13-15-8-18(17-13)3-2-12-14-7-16-20-12/h2-8,19H,1H3/b3-2-. The summed E-state index contributed by atoms with van der Waals surface area (Å²) in [6, 6.07) is 5.20. The molecule has 1 aromatic carbocycles. The molecule has 0 amide bonds. The van der Waals surface area contributed by atoms with E-state index in [-0.39, 0.29) is 5.75 Å². The molecule has 1 N–H and O–H groups in total. The lowest BCUT2D eigenvalue weighted by Crippen LogP contribution is -1.88. The van der Waals surface area contributed by atoms with Crippen LogP contribution in [0.2, 0.25) is 0 Å². The van der Waals surface area contributed by atoms with Gasteiger partial charge in [-0.2, -0.15) is 4.98 Å². The maximum Gasteiger partial charge on any atom is 0.251 e. The smallest absolute Gasteiger partial charge is 0.251 e. The summed E-state index contributed by atoms with van der Waals surface area (Å²) in [5, 5.41) is 17.4. The van der Waals surface area contributed by atoms with Gasteiger partial charge in [0.05, 0.1) is 0 Å². The van der Waals surface area contributed by atoms with E-state index in [0.717, 1.165) is 11.1 Å². The van der Waals surface area contributed by atoms with Gasteiger partial charge in [0.1, 0.15) is 12.1 Å². The van der Waals surface area contributed by atoms with E-state index < -0.39 is 0 Å².